The van der Waals surface area contributed by atoms with Crippen molar-refractivity contribution in [1.82, 2.24) is 14.5 Å². The molecule has 1 saturated heterocycles. The van der Waals surface area contributed by atoms with Crippen LogP contribution in [-0.4, -0.2) is 45.3 Å². The van der Waals surface area contributed by atoms with E-state index in [0.29, 0.717) is 18.4 Å². The minimum atomic E-state index is -0.663. The van der Waals surface area contributed by atoms with Gasteiger partial charge in [-0.2, -0.15) is 0 Å². The molecule has 124 valence electrons. The van der Waals surface area contributed by atoms with Crippen LogP contribution in [0.25, 0.3) is 10.9 Å². The number of likely N-dealkylation sites (tertiary alicyclic amines) is 1. The van der Waals surface area contributed by atoms with Gasteiger partial charge in [-0.05, 0) is 57.4 Å². The van der Waals surface area contributed by atoms with Crippen molar-refractivity contribution >= 4 is 10.9 Å². The molecule has 5 nitrogen and oxygen atoms in total. The van der Waals surface area contributed by atoms with E-state index in [1.807, 2.05) is 26.0 Å². The van der Waals surface area contributed by atoms with Crippen molar-refractivity contribution in [2.75, 3.05) is 20.1 Å². The molecule has 1 aliphatic rings. The lowest BCUT2D eigenvalue weighted by atomic mass is 9.88. The van der Waals surface area contributed by atoms with Gasteiger partial charge in [-0.1, -0.05) is 6.07 Å². The maximum absolute atomic E-state index is 12.7. The van der Waals surface area contributed by atoms with E-state index >= 15 is 0 Å². The number of nitrogens with zero attached hydrogens (tertiary/aromatic N) is 3. The van der Waals surface area contributed by atoms with Crippen LogP contribution in [-0.2, 0) is 6.54 Å². The Hall–Kier alpha value is -1.72. The zero-order chi connectivity index (χ0) is 16.6. The smallest absolute Gasteiger partial charge is 0.261 e. The van der Waals surface area contributed by atoms with Gasteiger partial charge in [0.05, 0.1) is 22.8 Å². The van der Waals surface area contributed by atoms with Crippen LogP contribution in [0.4, 0.5) is 0 Å². The topological polar surface area (TPSA) is 58.4 Å². The summed E-state index contributed by atoms with van der Waals surface area (Å²) in [5.41, 5.74) is 2.19. The Labute approximate surface area is 136 Å². The lowest BCUT2D eigenvalue weighted by Crippen LogP contribution is -2.43. The Morgan fingerprint density at radius 1 is 1.26 bits per heavy atom. The molecule has 0 spiro atoms. The van der Waals surface area contributed by atoms with Crippen LogP contribution in [0.1, 0.15) is 30.4 Å². The molecule has 0 aliphatic carbocycles. The average molecular weight is 315 g/mol. The summed E-state index contributed by atoms with van der Waals surface area (Å²) in [6, 6.07) is 3.94. The third kappa shape index (κ3) is 3.31. The van der Waals surface area contributed by atoms with Gasteiger partial charge in [-0.15, -0.1) is 0 Å². The molecule has 1 aliphatic heterocycles. The summed E-state index contributed by atoms with van der Waals surface area (Å²) in [6.45, 7) is 6.28. The molecule has 0 bridgehead atoms. The molecule has 1 N–H and O–H groups in total. The van der Waals surface area contributed by atoms with E-state index in [1.54, 1.807) is 10.9 Å². The molecule has 1 fully saturated rings. The van der Waals surface area contributed by atoms with Gasteiger partial charge in [0.15, 0.2) is 0 Å². The number of rotatable bonds is 3. The molecule has 0 saturated carbocycles. The van der Waals surface area contributed by atoms with Crippen LogP contribution in [0.15, 0.2) is 23.3 Å². The third-order valence-corrected chi connectivity index (χ3v) is 5.00. The van der Waals surface area contributed by atoms with Crippen LogP contribution in [0.5, 0.6) is 0 Å². The van der Waals surface area contributed by atoms with E-state index in [4.69, 9.17) is 0 Å². The Bertz CT molecular complexity index is 774. The van der Waals surface area contributed by atoms with Crippen LogP contribution in [0.3, 0.4) is 0 Å². The highest BCUT2D eigenvalue weighted by Crippen LogP contribution is 2.25. The van der Waals surface area contributed by atoms with Crippen molar-refractivity contribution in [3.63, 3.8) is 0 Å². The Morgan fingerprint density at radius 3 is 2.65 bits per heavy atom. The number of benzene rings is 1. The molecule has 2 aromatic rings. The number of aliphatic hydroxyl groups is 1. The predicted molar refractivity (Wildman–Crippen MR) is 91.8 cm³/mol. The van der Waals surface area contributed by atoms with Crippen molar-refractivity contribution in [3.8, 4) is 0 Å². The highest BCUT2D eigenvalue weighted by atomic mass is 16.3. The van der Waals surface area contributed by atoms with Gasteiger partial charge < -0.3 is 10.0 Å². The lowest BCUT2D eigenvalue weighted by Gasteiger charge is -2.36. The van der Waals surface area contributed by atoms with Crippen molar-refractivity contribution in [1.29, 1.82) is 0 Å². The highest BCUT2D eigenvalue weighted by Gasteiger charge is 2.30. The summed E-state index contributed by atoms with van der Waals surface area (Å²) < 4.78 is 1.64. The molecule has 1 aromatic carbocycles. The van der Waals surface area contributed by atoms with Gasteiger partial charge in [0.2, 0.25) is 0 Å². The quantitative estimate of drug-likeness (QED) is 0.939. The standard InChI is InChI=1S/C18H25N3O2/c1-13-10-14(2)16-15(11-13)17(22)21(12-19-16)9-6-18(23)4-7-20(3)8-5-18/h10-12,23H,4-9H2,1-3H3. The molecule has 0 unspecified atom stereocenters. The zero-order valence-electron chi connectivity index (χ0n) is 14.2. The van der Waals surface area contributed by atoms with Gasteiger partial charge in [-0.3, -0.25) is 9.36 Å². The zero-order valence-corrected chi connectivity index (χ0v) is 14.2. The number of piperidine rings is 1. The summed E-state index contributed by atoms with van der Waals surface area (Å²) in [5, 5.41) is 11.3. The lowest BCUT2D eigenvalue weighted by molar-refractivity contribution is -0.0255. The molecular weight excluding hydrogens is 290 g/mol. The Balaban J connectivity index is 1.84. The van der Waals surface area contributed by atoms with E-state index in [2.05, 4.69) is 16.9 Å². The molecule has 3 rings (SSSR count). The monoisotopic (exact) mass is 315 g/mol. The van der Waals surface area contributed by atoms with Gasteiger partial charge in [0.1, 0.15) is 0 Å². The third-order valence-electron chi connectivity index (χ3n) is 5.00. The van der Waals surface area contributed by atoms with Gasteiger partial charge in [-0.25, -0.2) is 4.98 Å². The second kappa shape index (κ2) is 6.06. The first-order valence-corrected chi connectivity index (χ1v) is 8.25. The fraction of sp³-hybridized carbons (Fsp3) is 0.556. The second-order valence-electron chi connectivity index (χ2n) is 7.00. The molecule has 0 radical (unpaired) electrons. The summed E-state index contributed by atoms with van der Waals surface area (Å²) in [7, 11) is 2.07. The maximum Gasteiger partial charge on any atom is 0.261 e. The van der Waals surface area contributed by atoms with Gasteiger partial charge >= 0.3 is 0 Å². The SMILES string of the molecule is Cc1cc(C)c2ncn(CCC3(O)CCN(C)CC3)c(=O)c2c1. The van der Waals surface area contributed by atoms with Crippen molar-refractivity contribution < 1.29 is 5.11 Å². The molecular formula is C18H25N3O2. The molecule has 23 heavy (non-hydrogen) atoms. The predicted octanol–water partition coefficient (Wildman–Crippen LogP) is 1.86. The summed E-state index contributed by atoms with van der Waals surface area (Å²) in [5.74, 6) is 0. The van der Waals surface area contributed by atoms with Crippen molar-refractivity contribution in [2.45, 2.75) is 45.3 Å². The van der Waals surface area contributed by atoms with Gasteiger partial charge in [0.25, 0.3) is 5.56 Å². The van der Waals surface area contributed by atoms with E-state index in [-0.39, 0.29) is 5.56 Å². The minimum absolute atomic E-state index is 0.0154. The average Bonchev–Trinajstić information content (AvgIpc) is 2.51. The van der Waals surface area contributed by atoms with Crippen LogP contribution in [0.2, 0.25) is 0 Å². The first-order chi connectivity index (χ1) is 10.9. The largest absolute Gasteiger partial charge is 0.390 e. The highest BCUT2D eigenvalue weighted by molar-refractivity contribution is 5.81. The van der Waals surface area contributed by atoms with Gasteiger partial charge in [0, 0.05) is 19.6 Å². The van der Waals surface area contributed by atoms with Crippen LogP contribution < -0.4 is 5.56 Å². The normalized spacial score (nSPS) is 18.4. The number of fused-ring (bicyclic) bond motifs is 1. The molecule has 5 heteroatoms. The number of hydrogen-bond acceptors (Lipinski definition) is 4. The van der Waals surface area contributed by atoms with E-state index < -0.39 is 5.60 Å². The minimum Gasteiger partial charge on any atom is -0.390 e. The summed E-state index contributed by atoms with van der Waals surface area (Å²) in [4.78, 5) is 19.4. The van der Waals surface area contributed by atoms with E-state index in [1.165, 1.54) is 0 Å². The second-order valence-corrected chi connectivity index (χ2v) is 7.00. The fourth-order valence-corrected chi connectivity index (χ4v) is 3.40. The molecule has 1 aromatic heterocycles. The fourth-order valence-electron chi connectivity index (χ4n) is 3.40. The first-order valence-electron chi connectivity index (χ1n) is 8.25. The van der Waals surface area contributed by atoms with Crippen LogP contribution >= 0.6 is 0 Å². The number of hydrogen-bond donors (Lipinski definition) is 1. The summed E-state index contributed by atoms with van der Waals surface area (Å²) >= 11 is 0. The van der Waals surface area contributed by atoms with E-state index in [0.717, 1.165) is 42.6 Å². The first kappa shape index (κ1) is 16.1. The molecule has 0 atom stereocenters. The summed E-state index contributed by atoms with van der Waals surface area (Å²) in [6.07, 6.45) is 3.74. The maximum atomic E-state index is 12.7. The van der Waals surface area contributed by atoms with E-state index in [9.17, 15) is 9.90 Å². The number of aromatic nitrogens is 2. The van der Waals surface area contributed by atoms with Crippen molar-refractivity contribution in [2.24, 2.45) is 0 Å². The molecule has 0 amide bonds. The molecule has 2 heterocycles. The Morgan fingerprint density at radius 2 is 1.96 bits per heavy atom. The number of aryl methyl sites for hydroxylation is 3. The van der Waals surface area contributed by atoms with Crippen LogP contribution in [0, 0.1) is 13.8 Å². The Kier molecular flexibility index (Phi) is 4.25. The van der Waals surface area contributed by atoms with Crippen molar-refractivity contribution in [3.05, 3.63) is 39.9 Å².